The van der Waals surface area contributed by atoms with E-state index < -0.39 is 12.4 Å². The van der Waals surface area contributed by atoms with Crippen molar-refractivity contribution in [2.45, 2.75) is 18.8 Å². The van der Waals surface area contributed by atoms with Crippen molar-refractivity contribution in [3.8, 4) is 22.5 Å². The van der Waals surface area contributed by atoms with Gasteiger partial charge in [0.05, 0.1) is 10.7 Å². The number of likely N-dealkylation sites (tertiary alicyclic amines) is 1. The van der Waals surface area contributed by atoms with Crippen molar-refractivity contribution in [1.82, 2.24) is 25.1 Å². The molecule has 0 aliphatic carbocycles. The number of nitrogens with one attached hydrogen (secondary N) is 1. The Labute approximate surface area is 171 Å². The molecule has 0 spiro atoms. The van der Waals surface area contributed by atoms with E-state index in [2.05, 4.69) is 20.2 Å². The molecule has 1 aliphatic rings. The number of aromatic amines is 1. The molecule has 9 heteroatoms. The maximum absolute atomic E-state index is 14.1. The van der Waals surface area contributed by atoms with Gasteiger partial charge in [-0.05, 0) is 31.0 Å². The SMILES string of the molecule is O=C(CO)N1CCC(c2[nH]nc(-c3ccc(Cl)c(F)c3)c2-c2ccncn2)CC1. The number of benzene rings is 1. The third kappa shape index (κ3) is 3.86. The van der Waals surface area contributed by atoms with Crippen LogP contribution in [0.3, 0.4) is 0 Å². The molecule has 0 bridgehead atoms. The lowest BCUT2D eigenvalue weighted by molar-refractivity contribution is -0.135. The molecule has 2 aromatic heterocycles. The first-order chi connectivity index (χ1) is 14.1. The lowest BCUT2D eigenvalue weighted by atomic mass is 9.89. The second-order valence-electron chi connectivity index (χ2n) is 6.90. The largest absolute Gasteiger partial charge is 0.387 e. The van der Waals surface area contributed by atoms with Gasteiger partial charge in [0, 0.05) is 42.0 Å². The predicted octanol–water partition coefficient (Wildman–Crippen LogP) is 3.02. The summed E-state index contributed by atoms with van der Waals surface area (Å²) in [6.07, 6.45) is 4.55. The van der Waals surface area contributed by atoms with E-state index in [0.717, 1.165) is 24.1 Å². The highest BCUT2D eigenvalue weighted by Crippen LogP contribution is 2.39. The normalized spacial score (nSPS) is 14.9. The molecular formula is C20H19ClFN5O2. The quantitative estimate of drug-likeness (QED) is 0.683. The second-order valence-corrected chi connectivity index (χ2v) is 7.30. The van der Waals surface area contributed by atoms with Crippen molar-refractivity contribution in [3.05, 3.63) is 53.3 Å². The Morgan fingerprint density at radius 1 is 1.31 bits per heavy atom. The molecule has 1 aromatic carbocycles. The van der Waals surface area contributed by atoms with Gasteiger partial charge < -0.3 is 10.0 Å². The van der Waals surface area contributed by atoms with Crippen LogP contribution in [0, 0.1) is 5.82 Å². The van der Waals surface area contributed by atoms with E-state index in [1.54, 1.807) is 23.2 Å². The highest BCUT2D eigenvalue weighted by Gasteiger charge is 2.29. The number of hydrogen-bond donors (Lipinski definition) is 2. The van der Waals surface area contributed by atoms with Crippen molar-refractivity contribution >= 4 is 17.5 Å². The van der Waals surface area contributed by atoms with E-state index in [-0.39, 0.29) is 16.8 Å². The van der Waals surface area contributed by atoms with Gasteiger partial charge in [0.15, 0.2) is 0 Å². The topological polar surface area (TPSA) is 95.0 Å². The molecule has 150 valence electrons. The summed E-state index contributed by atoms with van der Waals surface area (Å²) in [7, 11) is 0. The van der Waals surface area contributed by atoms with Gasteiger partial charge in [0.25, 0.3) is 0 Å². The first kappa shape index (κ1) is 19.5. The minimum atomic E-state index is -0.516. The molecule has 0 atom stereocenters. The van der Waals surface area contributed by atoms with Crippen LogP contribution in [-0.2, 0) is 4.79 Å². The molecule has 1 aliphatic heterocycles. The summed E-state index contributed by atoms with van der Waals surface area (Å²) in [4.78, 5) is 21.7. The van der Waals surface area contributed by atoms with Crippen molar-refractivity contribution in [1.29, 1.82) is 0 Å². The van der Waals surface area contributed by atoms with Gasteiger partial charge >= 0.3 is 0 Å². The number of piperidine rings is 1. The van der Waals surface area contributed by atoms with Crippen LogP contribution in [0.1, 0.15) is 24.5 Å². The van der Waals surface area contributed by atoms with E-state index in [4.69, 9.17) is 16.7 Å². The van der Waals surface area contributed by atoms with Gasteiger partial charge in [0.2, 0.25) is 5.91 Å². The lowest BCUT2D eigenvalue weighted by Crippen LogP contribution is -2.39. The van der Waals surface area contributed by atoms with Gasteiger partial charge in [-0.25, -0.2) is 14.4 Å². The molecule has 7 nitrogen and oxygen atoms in total. The average Bonchev–Trinajstić information content (AvgIpc) is 3.21. The molecular weight excluding hydrogens is 397 g/mol. The number of carbonyl (C=O) groups is 1. The predicted molar refractivity (Wildman–Crippen MR) is 106 cm³/mol. The molecule has 2 N–H and O–H groups in total. The Morgan fingerprint density at radius 2 is 2.10 bits per heavy atom. The molecule has 0 saturated carbocycles. The van der Waals surface area contributed by atoms with Crippen LogP contribution >= 0.6 is 11.6 Å². The molecule has 3 heterocycles. The van der Waals surface area contributed by atoms with Crippen molar-refractivity contribution < 1.29 is 14.3 Å². The Morgan fingerprint density at radius 3 is 2.76 bits per heavy atom. The third-order valence-corrected chi connectivity index (χ3v) is 5.52. The summed E-state index contributed by atoms with van der Waals surface area (Å²) in [6.45, 7) is 0.627. The van der Waals surface area contributed by atoms with E-state index in [1.165, 1.54) is 18.5 Å². The zero-order valence-electron chi connectivity index (χ0n) is 15.5. The summed E-state index contributed by atoms with van der Waals surface area (Å²) in [6, 6.07) is 6.37. The van der Waals surface area contributed by atoms with Crippen LogP contribution in [0.4, 0.5) is 4.39 Å². The Kier molecular flexibility index (Phi) is 5.55. The van der Waals surface area contributed by atoms with Gasteiger partial charge in [-0.15, -0.1) is 0 Å². The number of aliphatic hydroxyl groups excluding tert-OH is 1. The minimum Gasteiger partial charge on any atom is -0.387 e. The Bertz CT molecular complexity index is 1020. The summed E-state index contributed by atoms with van der Waals surface area (Å²) in [5.41, 5.74) is 3.55. The Hall–Kier alpha value is -2.84. The van der Waals surface area contributed by atoms with E-state index in [1.807, 2.05) is 0 Å². The van der Waals surface area contributed by atoms with Crippen LogP contribution in [0.15, 0.2) is 36.8 Å². The molecule has 1 fully saturated rings. The van der Waals surface area contributed by atoms with Crippen LogP contribution in [0.2, 0.25) is 5.02 Å². The molecule has 1 amide bonds. The lowest BCUT2D eigenvalue weighted by Gasteiger charge is -2.31. The number of nitrogens with zero attached hydrogens (tertiary/aromatic N) is 4. The van der Waals surface area contributed by atoms with Crippen LogP contribution in [-0.4, -0.2) is 55.8 Å². The van der Waals surface area contributed by atoms with E-state index >= 15 is 0 Å². The highest BCUT2D eigenvalue weighted by atomic mass is 35.5. The highest BCUT2D eigenvalue weighted by molar-refractivity contribution is 6.30. The van der Waals surface area contributed by atoms with Crippen LogP contribution < -0.4 is 0 Å². The number of H-pyrrole nitrogens is 1. The minimum absolute atomic E-state index is 0.0500. The van der Waals surface area contributed by atoms with Crippen molar-refractivity contribution in [2.24, 2.45) is 0 Å². The fourth-order valence-corrected chi connectivity index (χ4v) is 3.84. The average molecular weight is 416 g/mol. The number of rotatable bonds is 4. The second kappa shape index (κ2) is 8.26. The smallest absolute Gasteiger partial charge is 0.248 e. The van der Waals surface area contributed by atoms with Gasteiger partial charge in [-0.1, -0.05) is 17.7 Å². The maximum atomic E-state index is 14.1. The molecule has 0 radical (unpaired) electrons. The van der Waals surface area contributed by atoms with Gasteiger partial charge in [0.1, 0.15) is 24.4 Å². The summed E-state index contributed by atoms with van der Waals surface area (Å²) in [5, 5.41) is 16.7. The monoisotopic (exact) mass is 415 g/mol. The number of aliphatic hydroxyl groups is 1. The third-order valence-electron chi connectivity index (χ3n) is 5.22. The van der Waals surface area contributed by atoms with Crippen molar-refractivity contribution in [2.75, 3.05) is 19.7 Å². The van der Waals surface area contributed by atoms with Gasteiger partial charge in [-0.3, -0.25) is 9.89 Å². The zero-order valence-corrected chi connectivity index (χ0v) is 16.2. The number of carbonyl (C=O) groups excluding carboxylic acids is 1. The number of hydrogen-bond acceptors (Lipinski definition) is 5. The van der Waals surface area contributed by atoms with Crippen LogP contribution in [0.5, 0.6) is 0 Å². The number of halogens is 2. The Balaban J connectivity index is 1.73. The van der Waals surface area contributed by atoms with E-state index in [9.17, 15) is 9.18 Å². The summed E-state index contributed by atoms with van der Waals surface area (Å²) >= 11 is 5.83. The molecule has 0 unspecified atom stereocenters. The summed E-state index contributed by atoms with van der Waals surface area (Å²) in [5.74, 6) is -0.652. The first-order valence-electron chi connectivity index (χ1n) is 9.27. The fourth-order valence-electron chi connectivity index (χ4n) is 3.72. The molecule has 3 aromatic rings. The van der Waals surface area contributed by atoms with Gasteiger partial charge in [-0.2, -0.15) is 5.10 Å². The molecule has 29 heavy (non-hydrogen) atoms. The first-order valence-corrected chi connectivity index (χ1v) is 9.65. The standard InChI is InChI=1S/C20H19ClFN5O2/c21-14-2-1-13(9-15(14)22)20-18(16-3-6-23-11-24-16)19(25-26-20)12-4-7-27(8-5-12)17(29)10-28/h1-3,6,9,11-12,28H,4-5,7-8,10H2,(H,25,26). The summed E-state index contributed by atoms with van der Waals surface area (Å²) < 4.78 is 14.1. The zero-order chi connectivity index (χ0) is 20.4. The number of aromatic nitrogens is 4. The van der Waals surface area contributed by atoms with Crippen LogP contribution in [0.25, 0.3) is 22.5 Å². The fraction of sp³-hybridized carbons (Fsp3) is 0.300. The molecule has 4 rings (SSSR count). The van der Waals surface area contributed by atoms with E-state index in [0.29, 0.717) is 30.0 Å². The van der Waals surface area contributed by atoms with Crippen molar-refractivity contribution in [3.63, 3.8) is 0 Å². The number of amides is 1. The molecule has 1 saturated heterocycles. The maximum Gasteiger partial charge on any atom is 0.248 e.